The number of hydrogen-bond acceptors (Lipinski definition) is 5. The number of carboxylic acid groups (broad SMARTS) is 1. The van der Waals surface area contributed by atoms with Crippen molar-refractivity contribution in [3.63, 3.8) is 0 Å². The fourth-order valence-electron chi connectivity index (χ4n) is 1.96. The average Bonchev–Trinajstić information content (AvgIpc) is 2.54. The van der Waals surface area contributed by atoms with Gasteiger partial charge in [-0.15, -0.1) is 0 Å². The van der Waals surface area contributed by atoms with Gasteiger partial charge in [0, 0.05) is 6.54 Å². The molecular weight excluding hydrogens is 367 g/mol. The summed E-state index contributed by atoms with van der Waals surface area (Å²) in [6, 6.07) is 4.89. The van der Waals surface area contributed by atoms with Gasteiger partial charge >= 0.3 is 5.97 Å². The molecule has 146 valence electrons. The van der Waals surface area contributed by atoms with E-state index >= 15 is 0 Å². The summed E-state index contributed by atoms with van der Waals surface area (Å²) >= 11 is 0. The van der Waals surface area contributed by atoms with E-state index in [9.17, 15) is 27.5 Å². The quantitative estimate of drug-likeness (QED) is 0.504. The molecule has 1 aromatic carbocycles. The summed E-state index contributed by atoms with van der Waals surface area (Å²) in [6.07, 6.45) is -0.104. The van der Waals surface area contributed by atoms with Crippen LogP contribution in [0.1, 0.15) is 25.3 Å². The van der Waals surface area contributed by atoms with Crippen LogP contribution in [0.3, 0.4) is 0 Å². The molecule has 1 rings (SSSR count). The van der Waals surface area contributed by atoms with Crippen molar-refractivity contribution < 1.29 is 32.2 Å². The molecule has 1 atom stereocenters. The Hall–Kier alpha value is -2.04. The molecule has 0 fully saturated rings. The van der Waals surface area contributed by atoms with Crippen LogP contribution in [0.5, 0.6) is 0 Å². The zero-order valence-corrected chi connectivity index (χ0v) is 15.4. The van der Waals surface area contributed by atoms with Crippen LogP contribution in [0, 0.1) is 5.82 Å². The molecule has 0 saturated heterocycles. The van der Waals surface area contributed by atoms with E-state index in [0.717, 1.165) is 12.1 Å². The topological polar surface area (TPSA) is 122 Å². The van der Waals surface area contributed by atoms with Gasteiger partial charge in [0.15, 0.2) is 0 Å². The molecule has 8 nitrogen and oxygen atoms in total. The van der Waals surface area contributed by atoms with E-state index in [1.54, 1.807) is 13.8 Å². The molecule has 1 aromatic rings. The molecule has 0 radical (unpaired) electrons. The Kier molecular flexibility index (Phi) is 8.62. The largest absolute Gasteiger partial charge is 0.481 e. The monoisotopic (exact) mass is 390 g/mol. The Balaban J connectivity index is 2.48. The van der Waals surface area contributed by atoms with Crippen molar-refractivity contribution in [2.24, 2.45) is 0 Å². The number of aliphatic carboxylic acids is 1. The summed E-state index contributed by atoms with van der Waals surface area (Å²) < 4.78 is 43.6. The smallest absolute Gasteiger partial charge is 0.312 e. The third kappa shape index (κ3) is 8.37. The summed E-state index contributed by atoms with van der Waals surface area (Å²) in [6.45, 7) is 2.78. The van der Waals surface area contributed by atoms with E-state index in [2.05, 4.69) is 10.0 Å². The third-order valence-electron chi connectivity index (χ3n) is 3.33. The lowest BCUT2D eigenvalue weighted by atomic mass is 9.99. The number of halogens is 1. The third-order valence-corrected chi connectivity index (χ3v) is 4.62. The second-order valence-electron chi connectivity index (χ2n) is 5.81. The fraction of sp³-hybridized carbons (Fsp3) is 0.500. The molecule has 0 aromatic heterocycles. The van der Waals surface area contributed by atoms with E-state index in [-0.39, 0.29) is 25.0 Å². The first kappa shape index (κ1) is 22.0. The van der Waals surface area contributed by atoms with Gasteiger partial charge in [0.1, 0.15) is 5.82 Å². The molecule has 0 heterocycles. The molecule has 0 saturated carbocycles. The molecule has 0 aliphatic heterocycles. The second-order valence-corrected chi connectivity index (χ2v) is 7.73. The first-order chi connectivity index (χ1) is 12.1. The van der Waals surface area contributed by atoms with Crippen LogP contribution in [0.25, 0.3) is 0 Å². The summed E-state index contributed by atoms with van der Waals surface area (Å²) in [7, 11) is -3.68. The van der Waals surface area contributed by atoms with Gasteiger partial charge in [-0.05, 0) is 31.5 Å². The molecule has 26 heavy (non-hydrogen) atoms. The number of rotatable bonds is 11. The van der Waals surface area contributed by atoms with E-state index in [4.69, 9.17) is 4.74 Å². The highest BCUT2D eigenvalue weighted by molar-refractivity contribution is 7.89. The molecule has 0 aliphatic rings. The Morgan fingerprint density at radius 3 is 2.38 bits per heavy atom. The normalized spacial score (nSPS) is 12.8. The first-order valence-electron chi connectivity index (χ1n) is 7.94. The number of benzene rings is 1. The number of amides is 1. The van der Waals surface area contributed by atoms with Crippen LogP contribution in [0.15, 0.2) is 24.3 Å². The van der Waals surface area contributed by atoms with Crippen LogP contribution in [-0.2, 0) is 24.3 Å². The zero-order chi connectivity index (χ0) is 19.7. The van der Waals surface area contributed by atoms with Crippen molar-refractivity contribution in [3.05, 3.63) is 35.6 Å². The van der Waals surface area contributed by atoms with E-state index in [1.807, 2.05) is 0 Å². The van der Waals surface area contributed by atoms with Crippen LogP contribution in [0.4, 0.5) is 4.39 Å². The van der Waals surface area contributed by atoms with E-state index in [0.29, 0.717) is 5.56 Å². The fourth-order valence-corrected chi connectivity index (χ4v) is 2.77. The highest BCUT2D eigenvalue weighted by atomic mass is 32.2. The van der Waals surface area contributed by atoms with Gasteiger partial charge in [-0.3, -0.25) is 9.59 Å². The van der Waals surface area contributed by atoms with Crippen LogP contribution in [0.2, 0.25) is 0 Å². The highest BCUT2D eigenvalue weighted by Crippen LogP contribution is 2.15. The Labute approximate surface area is 151 Å². The van der Waals surface area contributed by atoms with Gasteiger partial charge < -0.3 is 15.2 Å². The summed E-state index contributed by atoms with van der Waals surface area (Å²) in [5.41, 5.74) is 0.325. The van der Waals surface area contributed by atoms with Crippen molar-refractivity contribution in [2.75, 3.05) is 25.4 Å². The average molecular weight is 390 g/mol. The molecule has 1 amide bonds. The lowest BCUT2D eigenvalue weighted by molar-refractivity contribution is -0.138. The van der Waals surface area contributed by atoms with E-state index < -0.39 is 40.2 Å². The number of nitrogens with one attached hydrogen (secondary N) is 2. The molecule has 1 unspecified atom stereocenters. The number of ether oxygens (including phenoxy) is 1. The second kappa shape index (κ2) is 10.2. The lowest BCUT2D eigenvalue weighted by Gasteiger charge is -2.14. The van der Waals surface area contributed by atoms with Gasteiger partial charge in [-0.1, -0.05) is 12.1 Å². The van der Waals surface area contributed by atoms with Crippen molar-refractivity contribution in [2.45, 2.75) is 25.9 Å². The van der Waals surface area contributed by atoms with Crippen LogP contribution in [-0.4, -0.2) is 57.0 Å². The van der Waals surface area contributed by atoms with Crippen molar-refractivity contribution in [1.29, 1.82) is 0 Å². The van der Waals surface area contributed by atoms with Gasteiger partial charge in [0.05, 0.1) is 30.9 Å². The number of carboxylic acids is 1. The van der Waals surface area contributed by atoms with Gasteiger partial charge in [0.25, 0.3) is 0 Å². The predicted octanol–water partition coefficient (Wildman–Crippen LogP) is 0.455. The highest BCUT2D eigenvalue weighted by Gasteiger charge is 2.21. The Morgan fingerprint density at radius 2 is 1.85 bits per heavy atom. The van der Waals surface area contributed by atoms with Crippen molar-refractivity contribution in [3.8, 4) is 0 Å². The first-order valence-corrected chi connectivity index (χ1v) is 9.60. The SMILES string of the molecule is CC(C)OCCS(=O)(=O)NCC(=O)NCC(C(=O)O)c1ccc(F)cc1. The Bertz CT molecular complexity index is 706. The maximum Gasteiger partial charge on any atom is 0.312 e. The predicted molar refractivity (Wildman–Crippen MR) is 92.7 cm³/mol. The standard InChI is InChI=1S/C16H23FN2O6S/c1-11(2)25-7-8-26(23,24)19-10-15(20)18-9-14(16(21)22)12-3-5-13(17)6-4-12/h3-6,11,14,19H,7-10H2,1-2H3,(H,18,20)(H,21,22). The summed E-state index contributed by atoms with van der Waals surface area (Å²) in [5.74, 6) is -3.73. The van der Waals surface area contributed by atoms with Gasteiger partial charge in [-0.25, -0.2) is 17.5 Å². The van der Waals surface area contributed by atoms with Crippen LogP contribution >= 0.6 is 0 Å². The molecule has 0 spiro atoms. The molecule has 3 N–H and O–H groups in total. The van der Waals surface area contributed by atoms with E-state index in [1.165, 1.54) is 12.1 Å². The number of carbonyl (C=O) groups excluding carboxylic acids is 1. The molecular formula is C16H23FN2O6S. The number of sulfonamides is 1. The molecule has 0 bridgehead atoms. The lowest BCUT2D eigenvalue weighted by Crippen LogP contribution is -2.40. The zero-order valence-electron chi connectivity index (χ0n) is 14.6. The summed E-state index contributed by atoms with van der Waals surface area (Å²) in [5, 5.41) is 11.6. The molecule has 10 heteroatoms. The minimum absolute atomic E-state index is 0.000272. The number of carbonyl (C=O) groups is 2. The van der Waals surface area contributed by atoms with Crippen LogP contribution < -0.4 is 10.0 Å². The minimum Gasteiger partial charge on any atom is -0.481 e. The van der Waals surface area contributed by atoms with Gasteiger partial charge in [-0.2, -0.15) is 0 Å². The maximum absolute atomic E-state index is 12.9. The number of hydrogen-bond donors (Lipinski definition) is 3. The van der Waals surface area contributed by atoms with Gasteiger partial charge in [0.2, 0.25) is 15.9 Å². The Morgan fingerprint density at radius 1 is 1.23 bits per heavy atom. The van der Waals surface area contributed by atoms with Crippen molar-refractivity contribution in [1.82, 2.24) is 10.0 Å². The minimum atomic E-state index is -3.68. The molecule has 0 aliphatic carbocycles. The maximum atomic E-state index is 12.9. The van der Waals surface area contributed by atoms with Crippen molar-refractivity contribution >= 4 is 21.9 Å². The summed E-state index contributed by atoms with van der Waals surface area (Å²) in [4.78, 5) is 23.1.